The summed E-state index contributed by atoms with van der Waals surface area (Å²) in [5.74, 6) is -0.0393. The van der Waals surface area contributed by atoms with Crippen molar-refractivity contribution in [2.45, 2.75) is 131 Å². The molecular formula is C49H68N9O20P3S2. The van der Waals surface area contributed by atoms with E-state index in [0.717, 1.165) is 53.1 Å². The molecule has 0 aliphatic carbocycles. The van der Waals surface area contributed by atoms with Crippen LogP contribution in [0.2, 0.25) is 0 Å². The topological polar surface area (TPSA) is 438 Å². The molecule has 0 saturated carbocycles. The number of aliphatic hydroxyl groups excluding tert-OH is 2. The van der Waals surface area contributed by atoms with Gasteiger partial charge >= 0.3 is 23.5 Å². The number of nitrogens with zero attached hydrogens (tertiary/aromatic N) is 6. The summed E-state index contributed by atoms with van der Waals surface area (Å²) in [5.41, 5.74) is 9.80. The smallest absolute Gasteiger partial charge is 0.490 e. The molecule has 2 unspecified atom stereocenters. The largest absolute Gasteiger partial charge is 0.744 e. The first kappa shape index (κ1) is 65.4. The van der Waals surface area contributed by atoms with Gasteiger partial charge in [0, 0.05) is 67.0 Å². The molecule has 83 heavy (non-hydrogen) atoms. The highest BCUT2D eigenvalue weighted by atomic mass is 32.2. The Morgan fingerprint density at radius 1 is 0.855 bits per heavy atom. The van der Waals surface area contributed by atoms with Crippen molar-refractivity contribution in [2.75, 3.05) is 48.7 Å². The van der Waals surface area contributed by atoms with Crippen molar-refractivity contribution in [1.82, 2.24) is 24.8 Å². The van der Waals surface area contributed by atoms with Crippen molar-refractivity contribution in [3.8, 4) is 0 Å². The molecule has 6 atom stereocenters. The number of rotatable bonds is 28. The summed E-state index contributed by atoms with van der Waals surface area (Å²) in [4.78, 5) is 63.9. The summed E-state index contributed by atoms with van der Waals surface area (Å²) in [6.07, 6.45) is 9.15. The zero-order chi connectivity index (χ0) is 61.1. The number of nitrogens with two attached hydrogens (primary N) is 1. The third-order valence-electron chi connectivity index (χ3n) is 14.3. The first-order chi connectivity index (χ1) is 38.7. The van der Waals surface area contributed by atoms with Gasteiger partial charge in [-0.2, -0.15) is 21.6 Å². The Hall–Kier alpha value is -5.14. The molecular weight excluding hydrogens is 1190 g/mol. The van der Waals surface area contributed by atoms with Crippen LogP contribution in [-0.4, -0.2) is 143 Å². The van der Waals surface area contributed by atoms with Crippen LogP contribution in [0.25, 0.3) is 11.2 Å². The fourth-order valence-corrected chi connectivity index (χ4v) is 14.3. The molecule has 1 amide bonds. The summed E-state index contributed by atoms with van der Waals surface area (Å²) in [6, 6.07) is 8.98. The zero-order valence-corrected chi connectivity index (χ0v) is 50.1. The minimum Gasteiger partial charge on any atom is -0.744 e. The average molecular weight is 1260 g/mol. The van der Waals surface area contributed by atoms with Gasteiger partial charge in [-0.1, -0.05) is 44.9 Å². The number of hydrogen-bond acceptors (Lipinski definition) is 21. The average Bonchev–Trinajstić information content (AvgIpc) is 4.15. The van der Waals surface area contributed by atoms with E-state index in [1.54, 1.807) is 12.1 Å². The zero-order valence-electron chi connectivity index (χ0n) is 45.8. The Labute approximate surface area is 478 Å². The summed E-state index contributed by atoms with van der Waals surface area (Å²) in [6.45, 7) is 10.8. The third-order valence-corrected chi connectivity index (χ3v) is 19.8. The Kier molecular flexibility index (Phi) is 20.4. The molecule has 1 saturated heterocycles. The van der Waals surface area contributed by atoms with E-state index in [2.05, 4.69) is 48.2 Å². The van der Waals surface area contributed by atoms with Crippen LogP contribution < -0.4 is 21.3 Å². The van der Waals surface area contributed by atoms with Crippen LogP contribution in [0.3, 0.4) is 0 Å². The quantitative estimate of drug-likeness (QED) is 0.0117. The molecule has 2 aromatic carbocycles. The number of amides is 1. The lowest BCUT2D eigenvalue weighted by Crippen LogP contribution is -2.33. The van der Waals surface area contributed by atoms with Crippen molar-refractivity contribution in [3.05, 3.63) is 89.9 Å². The van der Waals surface area contributed by atoms with Crippen molar-refractivity contribution in [1.29, 1.82) is 0 Å². The van der Waals surface area contributed by atoms with Crippen LogP contribution in [0.1, 0.15) is 103 Å². The van der Waals surface area contributed by atoms with Crippen molar-refractivity contribution < 1.29 is 96.7 Å². The minimum absolute atomic E-state index is 0.0301. The van der Waals surface area contributed by atoms with E-state index in [1.807, 2.05) is 65.0 Å². The van der Waals surface area contributed by atoms with Crippen LogP contribution in [0.5, 0.6) is 0 Å². The molecule has 4 aromatic rings. The third kappa shape index (κ3) is 15.7. The highest BCUT2D eigenvalue weighted by Gasteiger charge is 2.49. The molecule has 3 aliphatic rings. The second kappa shape index (κ2) is 25.8. The van der Waals surface area contributed by atoms with Gasteiger partial charge < -0.3 is 60.3 Å². The number of phosphoric ester groups is 1. The minimum atomic E-state index is -5.83. The number of unbranched alkanes of at least 4 members (excludes halogenated alkanes) is 5. The molecule has 5 heterocycles. The molecule has 34 heteroatoms. The van der Waals surface area contributed by atoms with E-state index in [0.29, 0.717) is 64.7 Å². The summed E-state index contributed by atoms with van der Waals surface area (Å²) < 4.78 is 126. The van der Waals surface area contributed by atoms with E-state index < -0.39 is 85.7 Å². The molecule has 0 radical (unpaired) electrons. The molecule has 7 rings (SSSR count). The van der Waals surface area contributed by atoms with Crippen molar-refractivity contribution >= 4 is 89.6 Å². The molecule has 2 aromatic heterocycles. The number of aliphatic hydroxyl groups is 2. The standard InChI is InChI=1S/C49H68N9O20P3S2/c1-6-56-35-22-20-31(82(69,70)71)27-33(35)48(2,3)38(56)17-11-9-12-18-39-49(4,5)34-28-32(83(72,73)74)21-23-36(34)57(39)26-16-10-13-19-40(59)51-24-14-7-8-15-25-52-47-55-41-44(50)53-30-54-45(41)58(47)46-43(61)42(60)37(76-46)29-75-80(65,66)78-81(67,68)77-79(62,63)64/h9,11-12,17-18,20-23,27-28,30,37,42-43,46,60-61H,6-8,10,13-16,19,24-26,29H2,1-5H3,(H9-,50,51,52,53,54,55,59,62,63,64,65,66,67,68,69,70,71,72,73,74)/t37-,42-,43-,46-/m1/s1. The maximum Gasteiger partial charge on any atom is 0.490 e. The predicted octanol–water partition coefficient (Wildman–Crippen LogP) is 5.06. The van der Waals surface area contributed by atoms with E-state index in [-0.39, 0.29) is 38.6 Å². The van der Waals surface area contributed by atoms with Gasteiger partial charge in [0.2, 0.25) is 17.5 Å². The lowest BCUT2D eigenvalue weighted by atomic mass is 9.81. The van der Waals surface area contributed by atoms with Crippen LogP contribution in [0.15, 0.2) is 88.6 Å². The van der Waals surface area contributed by atoms with Gasteiger partial charge in [-0.15, -0.1) is 0 Å². The lowest BCUT2D eigenvalue weighted by Gasteiger charge is -2.25. The van der Waals surface area contributed by atoms with E-state index in [9.17, 15) is 64.4 Å². The van der Waals surface area contributed by atoms with E-state index in [4.69, 9.17) is 20.3 Å². The number of hydrogen-bond donors (Lipinski definition) is 10. The number of carbonyl (C=O) groups excluding carboxylic acids is 1. The molecule has 3 aliphatic heterocycles. The number of likely N-dealkylation sites (N-methyl/N-ethyl adjacent to an activating group) is 1. The SMILES string of the molecule is CCN1/C(=C/C=C/C=C/C2=[N+](CCCCCC(=O)NCCCCCCNc3nc4c(N)ncnc4n3[C@@H]3O[C@H](COP(=O)(O)OP(=O)(O)OP(=O)(O)O)[C@@H](O)[C@H]3O)c3ccc(S(=O)(=O)O)cc3C2(C)C)C(C)(C)c2cc(S(=O)(=O)[O-])ccc21. The van der Waals surface area contributed by atoms with Crippen molar-refractivity contribution in [3.63, 3.8) is 0 Å². The number of fused-ring (bicyclic) bond motifs is 3. The number of anilines is 3. The Morgan fingerprint density at radius 2 is 1.53 bits per heavy atom. The first-order valence-electron chi connectivity index (χ1n) is 26.2. The van der Waals surface area contributed by atoms with Gasteiger partial charge in [-0.25, -0.2) is 37.1 Å². The number of carbonyl (C=O) groups is 1. The number of imidazole rings is 1. The van der Waals surface area contributed by atoms with Crippen LogP contribution >= 0.6 is 23.5 Å². The summed E-state index contributed by atoms with van der Waals surface area (Å²) in [7, 11) is -26.2. The lowest BCUT2D eigenvalue weighted by molar-refractivity contribution is -0.438. The maximum absolute atomic E-state index is 12.9. The number of phosphoric acid groups is 3. The number of benzene rings is 2. The monoisotopic (exact) mass is 1260 g/mol. The Bertz CT molecular complexity index is 3610. The Balaban J connectivity index is 0.879. The molecule has 29 nitrogen and oxygen atoms in total. The Morgan fingerprint density at radius 3 is 2.20 bits per heavy atom. The van der Waals surface area contributed by atoms with Gasteiger partial charge in [-0.05, 0) is 88.4 Å². The second-order valence-electron chi connectivity index (χ2n) is 20.8. The second-order valence-corrected chi connectivity index (χ2v) is 28.0. The van der Waals surface area contributed by atoms with Crippen LogP contribution in [-0.2, 0) is 67.4 Å². The summed E-state index contributed by atoms with van der Waals surface area (Å²) >= 11 is 0. The molecule has 0 bridgehead atoms. The molecule has 1 fully saturated rings. The van der Waals surface area contributed by atoms with E-state index in [1.165, 1.54) is 28.8 Å². The highest BCUT2D eigenvalue weighted by Crippen LogP contribution is 2.66. The maximum atomic E-state index is 12.9. The van der Waals surface area contributed by atoms with Gasteiger partial charge in [-0.3, -0.25) is 18.4 Å². The summed E-state index contributed by atoms with van der Waals surface area (Å²) in [5, 5.41) is 27.9. The number of aromatic nitrogens is 4. The predicted molar refractivity (Wildman–Crippen MR) is 300 cm³/mol. The van der Waals surface area contributed by atoms with Crippen LogP contribution in [0, 0.1) is 0 Å². The van der Waals surface area contributed by atoms with Gasteiger partial charge in [0.15, 0.2) is 28.9 Å². The molecule has 0 spiro atoms. The highest BCUT2D eigenvalue weighted by molar-refractivity contribution is 7.86. The van der Waals surface area contributed by atoms with Crippen molar-refractivity contribution in [2.24, 2.45) is 0 Å². The van der Waals surface area contributed by atoms with E-state index >= 15 is 0 Å². The fourth-order valence-electron chi connectivity index (χ4n) is 10.3. The van der Waals surface area contributed by atoms with Gasteiger partial charge in [0.05, 0.1) is 21.8 Å². The number of ether oxygens (including phenoxy) is 1. The first-order valence-corrected chi connectivity index (χ1v) is 33.5. The molecule has 11 N–H and O–H groups in total. The normalized spacial score (nSPS) is 21.7. The number of nitrogens with one attached hydrogen (secondary N) is 2. The fraction of sp³-hybridized carbons (Fsp3) is 0.490. The van der Waals surface area contributed by atoms with Gasteiger partial charge in [0.25, 0.3) is 10.1 Å². The number of allylic oxidation sites excluding steroid dienone is 6. The molecule has 456 valence electrons. The number of nitrogen functional groups attached to an aromatic ring is 1. The van der Waals surface area contributed by atoms with Crippen LogP contribution in [0.4, 0.5) is 23.1 Å². The van der Waals surface area contributed by atoms with Gasteiger partial charge in [0.1, 0.15) is 41.3 Å².